The third-order valence-electron chi connectivity index (χ3n) is 3.59. The number of methoxy groups -OCH3 is 2. The highest BCUT2D eigenvalue weighted by molar-refractivity contribution is 5.44. The van der Waals surface area contributed by atoms with E-state index in [0.717, 1.165) is 30.9 Å². The second-order valence-electron chi connectivity index (χ2n) is 5.12. The Morgan fingerprint density at radius 3 is 2.15 bits per heavy atom. The molecule has 0 aliphatic carbocycles. The van der Waals surface area contributed by atoms with E-state index in [-0.39, 0.29) is 0 Å². The van der Waals surface area contributed by atoms with Crippen molar-refractivity contribution in [2.75, 3.05) is 20.8 Å². The van der Waals surface area contributed by atoms with Crippen LogP contribution < -0.4 is 14.8 Å². The number of nitrogens with one attached hydrogen (secondary N) is 1. The summed E-state index contributed by atoms with van der Waals surface area (Å²) < 4.78 is 10.9. The maximum Gasteiger partial charge on any atom is 0.125 e. The van der Waals surface area contributed by atoms with Crippen molar-refractivity contribution in [1.82, 2.24) is 5.32 Å². The van der Waals surface area contributed by atoms with Crippen LogP contribution in [0.3, 0.4) is 0 Å². The van der Waals surface area contributed by atoms with Crippen LogP contribution in [-0.2, 0) is 6.42 Å². The zero-order valence-electron chi connectivity index (χ0n) is 13.4. The first-order valence-electron chi connectivity index (χ1n) is 7.70. The summed E-state index contributed by atoms with van der Waals surface area (Å²) in [7, 11) is 3.44. The number of ether oxygens (including phenoxy) is 2. The Bertz CT molecular complexity index is 357. The predicted molar refractivity (Wildman–Crippen MR) is 84.9 cm³/mol. The number of benzene rings is 1. The maximum absolute atomic E-state index is 5.46. The van der Waals surface area contributed by atoms with Crippen molar-refractivity contribution in [3.63, 3.8) is 0 Å². The Labute approximate surface area is 123 Å². The summed E-state index contributed by atoms with van der Waals surface area (Å²) in [5.41, 5.74) is 1.18. The van der Waals surface area contributed by atoms with Gasteiger partial charge in [0.25, 0.3) is 0 Å². The second-order valence-corrected chi connectivity index (χ2v) is 5.12. The highest BCUT2D eigenvalue weighted by atomic mass is 16.5. The molecule has 0 radical (unpaired) electrons. The molecule has 3 heteroatoms. The minimum atomic E-state index is 0.578. The molecule has 3 nitrogen and oxygen atoms in total. The third-order valence-corrected chi connectivity index (χ3v) is 3.59. The Morgan fingerprint density at radius 1 is 1.00 bits per heavy atom. The van der Waals surface area contributed by atoms with Gasteiger partial charge in [0, 0.05) is 11.6 Å². The van der Waals surface area contributed by atoms with Crippen LogP contribution in [0.4, 0.5) is 0 Å². The van der Waals surface area contributed by atoms with Crippen molar-refractivity contribution in [1.29, 1.82) is 0 Å². The van der Waals surface area contributed by atoms with Gasteiger partial charge in [0.1, 0.15) is 11.5 Å². The highest BCUT2D eigenvalue weighted by Crippen LogP contribution is 2.29. The SMILES string of the molecule is CCCNC(CCC)CCc1c(OC)cccc1OC. The van der Waals surface area contributed by atoms with Crippen LogP contribution in [0.1, 0.15) is 45.1 Å². The molecule has 0 aliphatic heterocycles. The molecule has 114 valence electrons. The van der Waals surface area contributed by atoms with Crippen LogP contribution >= 0.6 is 0 Å². The molecule has 1 unspecified atom stereocenters. The van der Waals surface area contributed by atoms with E-state index in [1.807, 2.05) is 18.2 Å². The molecule has 0 saturated heterocycles. The van der Waals surface area contributed by atoms with Crippen LogP contribution in [-0.4, -0.2) is 26.8 Å². The van der Waals surface area contributed by atoms with E-state index in [4.69, 9.17) is 9.47 Å². The summed E-state index contributed by atoms with van der Waals surface area (Å²) in [6.07, 6.45) is 5.71. The zero-order chi connectivity index (χ0) is 14.8. The first-order chi connectivity index (χ1) is 9.76. The smallest absolute Gasteiger partial charge is 0.125 e. The highest BCUT2D eigenvalue weighted by Gasteiger charge is 2.13. The van der Waals surface area contributed by atoms with Crippen molar-refractivity contribution in [3.8, 4) is 11.5 Å². The predicted octanol–water partition coefficient (Wildman–Crippen LogP) is 3.80. The van der Waals surface area contributed by atoms with Crippen molar-refractivity contribution >= 4 is 0 Å². The largest absolute Gasteiger partial charge is 0.496 e. The molecule has 0 fully saturated rings. The normalized spacial score (nSPS) is 12.2. The van der Waals surface area contributed by atoms with Crippen molar-refractivity contribution in [3.05, 3.63) is 23.8 Å². The molecule has 0 bridgehead atoms. The fourth-order valence-electron chi connectivity index (χ4n) is 2.54. The Kier molecular flexibility index (Phi) is 8.12. The van der Waals surface area contributed by atoms with Gasteiger partial charge in [-0.25, -0.2) is 0 Å². The molecule has 1 aromatic rings. The van der Waals surface area contributed by atoms with Gasteiger partial charge >= 0.3 is 0 Å². The fourth-order valence-corrected chi connectivity index (χ4v) is 2.54. The van der Waals surface area contributed by atoms with Crippen molar-refractivity contribution in [2.45, 2.75) is 52.0 Å². The Hall–Kier alpha value is -1.22. The van der Waals surface area contributed by atoms with Gasteiger partial charge in [-0.15, -0.1) is 0 Å². The van der Waals surface area contributed by atoms with Crippen molar-refractivity contribution in [2.24, 2.45) is 0 Å². The Balaban J connectivity index is 2.70. The summed E-state index contributed by atoms with van der Waals surface area (Å²) in [4.78, 5) is 0. The maximum atomic E-state index is 5.46. The minimum Gasteiger partial charge on any atom is -0.496 e. The van der Waals surface area contributed by atoms with Gasteiger partial charge in [-0.1, -0.05) is 26.3 Å². The van der Waals surface area contributed by atoms with Gasteiger partial charge in [0.2, 0.25) is 0 Å². The molecule has 1 rings (SSSR count). The summed E-state index contributed by atoms with van der Waals surface area (Å²) in [6.45, 7) is 5.54. The van der Waals surface area contributed by atoms with Gasteiger partial charge in [0.15, 0.2) is 0 Å². The molecule has 20 heavy (non-hydrogen) atoms. The quantitative estimate of drug-likeness (QED) is 0.706. The van der Waals surface area contributed by atoms with E-state index in [9.17, 15) is 0 Å². The lowest BCUT2D eigenvalue weighted by Gasteiger charge is -2.19. The monoisotopic (exact) mass is 279 g/mol. The van der Waals surface area contributed by atoms with Crippen LogP contribution in [0.2, 0.25) is 0 Å². The zero-order valence-corrected chi connectivity index (χ0v) is 13.4. The topological polar surface area (TPSA) is 30.5 Å². The van der Waals surface area contributed by atoms with Crippen LogP contribution in [0, 0.1) is 0 Å². The third kappa shape index (κ3) is 5.04. The Morgan fingerprint density at radius 2 is 1.65 bits per heavy atom. The molecule has 0 saturated carbocycles. The van der Waals surface area contributed by atoms with E-state index >= 15 is 0 Å². The standard InChI is InChI=1S/C17H29NO2/c1-5-8-14(18-13-6-2)11-12-15-16(19-3)9-7-10-17(15)20-4/h7,9-10,14,18H,5-6,8,11-13H2,1-4H3. The molecule has 0 heterocycles. The molecule has 0 spiro atoms. The average molecular weight is 279 g/mol. The van der Waals surface area contributed by atoms with E-state index in [0.29, 0.717) is 6.04 Å². The van der Waals surface area contributed by atoms with Gasteiger partial charge < -0.3 is 14.8 Å². The van der Waals surface area contributed by atoms with E-state index in [1.165, 1.54) is 24.8 Å². The van der Waals surface area contributed by atoms with Gasteiger partial charge in [0.05, 0.1) is 14.2 Å². The van der Waals surface area contributed by atoms with Gasteiger partial charge in [-0.2, -0.15) is 0 Å². The fraction of sp³-hybridized carbons (Fsp3) is 0.647. The second kappa shape index (κ2) is 9.65. The molecule has 1 N–H and O–H groups in total. The van der Waals surface area contributed by atoms with Gasteiger partial charge in [-0.05, 0) is 44.4 Å². The van der Waals surface area contributed by atoms with E-state index in [1.54, 1.807) is 14.2 Å². The first kappa shape index (κ1) is 16.8. The van der Waals surface area contributed by atoms with Crippen LogP contribution in [0.25, 0.3) is 0 Å². The summed E-state index contributed by atoms with van der Waals surface area (Å²) in [6, 6.07) is 6.56. The number of hydrogen-bond acceptors (Lipinski definition) is 3. The molecule has 0 amide bonds. The number of rotatable bonds is 10. The van der Waals surface area contributed by atoms with Crippen LogP contribution in [0.15, 0.2) is 18.2 Å². The van der Waals surface area contributed by atoms with E-state index < -0.39 is 0 Å². The summed E-state index contributed by atoms with van der Waals surface area (Å²) >= 11 is 0. The van der Waals surface area contributed by atoms with Crippen molar-refractivity contribution < 1.29 is 9.47 Å². The van der Waals surface area contributed by atoms with Crippen LogP contribution in [0.5, 0.6) is 11.5 Å². The lowest BCUT2D eigenvalue weighted by molar-refractivity contribution is 0.379. The molecular formula is C17H29NO2. The molecule has 1 aromatic carbocycles. The number of hydrogen-bond donors (Lipinski definition) is 1. The lowest BCUT2D eigenvalue weighted by Crippen LogP contribution is -2.30. The summed E-state index contributed by atoms with van der Waals surface area (Å²) in [5.74, 6) is 1.85. The lowest BCUT2D eigenvalue weighted by atomic mass is 10.0. The average Bonchev–Trinajstić information content (AvgIpc) is 2.49. The van der Waals surface area contributed by atoms with Gasteiger partial charge in [-0.3, -0.25) is 0 Å². The van der Waals surface area contributed by atoms with E-state index in [2.05, 4.69) is 19.2 Å². The molecule has 0 aromatic heterocycles. The molecule has 0 aliphatic rings. The minimum absolute atomic E-state index is 0.578. The first-order valence-corrected chi connectivity index (χ1v) is 7.70. The molecular weight excluding hydrogens is 250 g/mol. The molecule has 1 atom stereocenters. The summed E-state index contributed by atoms with van der Waals surface area (Å²) in [5, 5.41) is 3.63.